The SMILES string of the molecule is CCCC(=O)C(CC)C(=O)[O-].CCCC(=O)C(CC)C(=O)[O-].CCCC(=O)C(CC)C(=O)[O-].[Al+3]. The average molecular weight is 499 g/mol. The molecule has 0 rings (SSSR count). The van der Waals surface area contributed by atoms with Crippen LogP contribution < -0.4 is 15.3 Å². The van der Waals surface area contributed by atoms with E-state index < -0.39 is 35.7 Å². The van der Waals surface area contributed by atoms with Gasteiger partial charge in [0.05, 0.1) is 35.7 Å². The van der Waals surface area contributed by atoms with Crippen molar-refractivity contribution in [1.29, 1.82) is 0 Å². The normalized spacial score (nSPS) is 12.2. The molecule has 0 amide bonds. The first-order chi connectivity index (χ1) is 15.4. The third-order valence-corrected chi connectivity index (χ3v) is 4.73. The molecule has 34 heavy (non-hydrogen) atoms. The molecule has 3 atom stereocenters. The molecule has 0 aromatic rings. The van der Waals surface area contributed by atoms with Crippen molar-refractivity contribution in [3.8, 4) is 0 Å². The third kappa shape index (κ3) is 18.4. The van der Waals surface area contributed by atoms with Crippen molar-refractivity contribution < 1.29 is 44.1 Å². The molecule has 0 aliphatic heterocycles. The average Bonchev–Trinajstić information content (AvgIpc) is 2.70. The van der Waals surface area contributed by atoms with Crippen LogP contribution in [0.2, 0.25) is 0 Å². The van der Waals surface area contributed by atoms with Crippen molar-refractivity contribution in [3.05, 3.63) is 0 Å². The molecule has 0 bridgehead atoms. The number of rotatable bonds is 15. The zero-order valence-corrected chi connectivity index (χ0v) is 22.5. The van der Waals surface area contributed by atoms with Gasteiger partial charge in [0.25, 0.3) is 0 Å². The summed E-state index contributed by atoms with van der Waals surface area (Å²) in [4.78, 5) is 63.9. The van der Waals surface area contributed by atoms with Gasteiger partial charge in [-0.15, -0.1) is 0 Å². The van der Waals surface area contributed by atoms with Gasteiger partial charge in [-0.05, 0) is 38.5 Å². The Hall–Kier alpha value is -2.05. The molecule has 0 radical (unpaired) electrons. The van der Waals surface area contributed by atoms with Gasteiger partial charge in [0.1, 0.15) is 17.3 Å². The van der Waals surface area contributed by atoms with E-state index in [0.29, 0.717) is 57.8 Å². The van der Waals surface area contributed by atoms with Crippen LogP contribution in [0.4, 0.5) is 0 Å². The minimum atomic E-state index is -1.24. The zero-order valence-electron chi connectivity index (χ0n) is 21.3. The van der Waals surface area contributed by atoms with E-state index in [2.05, 4.69) is 0 Å². The minimum absolute atomic E-state index is 0. The first-order valence-electron chi connectivity index (χ1n) is 11.6. The third-order valence-electron chi connectivity index (χ3n) is 4.73. The number of hydrogen-bond donors (Lipinski definition) is 0. The Bertz CT molecular complexity index is 546. The summed E-state index contributed by atoms with van der Waals surface area (Å²) in [5.74, 6) is -7.05. The molecule has 0 spiro atoms. The number of carbonyl (C=O) groups is 6. The minimum Gasteiger partial charge on any atom is -0.549 e. The van der Waals surface area contributed by atoms with Crippen molar-refractivity contribution >= 4 is 52.6 Å². The predicted molar refractivity (Wildman–Crippen MR) is 122 cm³/mol. The maximum Gasteiger partial charge on any atom is 3.00 e. The Labute approximate surface area is 213 Å². The van der Waals surface area contributed by atoms with E-state index in [4.69, 9.17) is 0 Å². The topological polar surface area (TPSA) is 172 Å². The van der Waals surface area contributed by atoms with Crippen LogP contribution in [0.3, 0.4) is 0 Å². The fourth-order valence-electron chi connectivity index (χ4n) is 2.84. The van der Waals surface area contributed by atoms with E-state index in [1.807, 2.05) is 20.8 Å². The Morgan fingerprint density at radius 1 is 0.471 bits per heavy atom. The van der Waals surface area contributed by atoms with Gasteiger partial charge in [-0.25, -0.2) is 0 Å². The Morgan fingerprint density at radius 3 is 0.735 bits per heavy atom. The second-order valence-electron chi connectivity index (χ2n) is 7.49. The number of carbonyl (C=O) groups excluding carboxylic acids is 6. The molecule has 0 aliphatic rings. The zero-order chi connectivity index (χ0) is 26.6. The number of ketones is 3. The van der Waals surface area contributed by atoms with E-state index in [0.717, 1.165) is 0 Å². The fourth-order valence-corrected chi connectivity index (χ4v) is 2.84. The maximum absolute atomic E-state index is 11.0. The van der Waals surface area contributed by atoms with E-state index in [9.17, 15) is 44.1 Å². The summed E-state index contributed by atoms with van der Waals surface area (Å²) in [7, 11) is 0. The van der Waals surface area contributed by atoms with Gasteiger partial charge >= 0.3 is 17.4 Å². The monoisotopic (exact) mass is 498 g/mol. The largest absolute Gasteiger partial charge is 3.00 e. The molecular weight excluding hydrogens is 459 g/mol. The van der Waals surface area contributed by atoms with Gasteiger partial charge in [-0.1, -0.05) is 41.5 Å². The number of carboxylic acids is 3. The van der Waals surface area contributed by atoms with Gasteiger partial charge in [-0.2, -0.15) is 0 Å². The second kappa shape index (κ2) is 24.1. The molecule has 0 saturated heterocycles. The van der Waals surface area contributed by atoms with Gasteiger partial charge in [0.15, 0.2) is 0 Å². The smallest absolute Gasteiger partial charge is 0.549 e. The molecule has 0 heterocycles. The van der Waals surface area contributed by atoms with E-state index in [1.54, 1.807) is 20.8 Å². The first-order valence-corrected chi connectivity index (χ1v) is 11.6. The summed E-state index contributed by atoms with van der Waals surface area (Å²) in [6.45, 7) is 10.6. The molecule has 0 N–H and O–H groups in total. The Balaban J connectivity index is -0.000000196. The Morgan fingerprint density at radius 2 is 0.647 bits per heavy atom. The predicted octanol–water partition coefficient (Wildman–Crippen LogP) is 0.0143. The first kappa shape index (κ1) is 39.2. The van der Waals surface area contributed by atoms with Crippen LogP contribution in [0.1, 0.15) is 99.3 Å². The van der Waals surface area contributed by atoms with Crippen LogP contribution in [-0.4, -0.2) is 52.6 Å². The molecule has 0 fully saturated rings. The number of Topliss-reactive ketones (excluding diaryl/α,β-unsaturated/α-hetero) is 3. The summed E-state index contributed by atoms with van der Waals surface area (Å²) < 4.78 is 0. The molecular formula is C24H39AlO9. The molecule has 192 valence electrons. The van der Waals surface area contributed by atoms with Crippen molar-refractivity contribution in [3.63, 3.8) is 0 Å². The van der Waals surface area contributed by atoms with Gasteiger partial charge in [-0.3, -0.25) is 14.4 Å². The number of aliphatic carboxylic acids is 3. The summed E-state index contributed by atoms with van der Waals surface area (Å²) in [5.41, 5.74) is 0. The molecule has 0 aromatic heterocycles. The van der Waals surface area contributed by atoms with Crippen molar-refractivity contribution in [2.75, 3.05) is 0 Å². The fraction of sp³-hybridized carbons (Fsp3) is 0.750. The Kier molecular flexibility index (Phi) is 27.8. The van der Waals surface area contributed by atoms with Crippen LogP contribution >= 0.6 is 0 Å². The summed E-state index contributed by atoms with van der Waals surface area (Å²) in [6.07, 6.45) is 4.11. The molecule has 3 unspecified atom stereocenters. The van der Waals surface area contributed by atoms with Crippen molar-refractivity contribution in [2.45, 2.75) is 99.3 Å². The van der Waals surface area contributed by atoms with Gasteiger partial charge in [0.2, 0.25) is 0 Å². The summed E-state index contributed by atoms with van der Waals surface area (Å²) in [5, 5.41) is 30.9. The van der Waals surface area contributed by atoms with E-state index >= 15 is 0 Å². The molecule has 0 aliphatic carbocycles. The quantitative estimate of drug-likeness (QED) is 0.223. The summed E-state index contributed by atoms with van der Waals surface area (Å²) in [6, 6.07) is 0. The second-order valence-corrected chi connectivity index (χ2v) is 7.49. The molecule has 9 nitrogen and oxygen atoms in total. The van der Waals surface area contributed by atoms with Crippen LogP contribution in [-0.2, 0) is 28.8 Å². The number of hydrogen-bond acceptors (Lipinski definition) is 9. The molecule has 0 aromatic carbocycles. The standard InChI is InChI=1S/3C8H14O3.Al/c3*1-3-5-7(9)6(4-2)8(10)11;/h3*6H,3-5H2,1-2H3,(H,10,11);/q;;;+3/p-3. The van der Waals surface area contributed by atoms with Crippen LogP contribution in [0, 0.1) is 17.8 Å². The van der Waals surface area contributed by atoms with Crippen LogP contribution in [0.5, 0.6) is 0 Å². The summed E-state index contributed by atoms with van der Waals surface area (Å²) >= 11 is 0. The van der Waals surface area contributed by atoms with Crippen LogP contribution in [0.25, 0.3) is 0 Å². The van der Waals surface area contributed by atoms with Crippen molar-refractivity contribution in [1.82, 2.24) is 0 Å². The van der Waals surface area contributed by atoms with Gasteiger partial charge < -0.3 is 29.7 Å². The van der Waals surface area contributed by atoms with Crippen LogP contribution in [0.15, 0.2) is 0 Å². The molecule has 10 heteroatoms. The van der Waals surface area contributed by atoms with E-state index in [-0.39, 0.29) is 34.7 Å². The maximum atomic E-state index is 11.0. The van der Waals surface area contributed by atoms with Gasteiger partial charge in [0, 0.05) is 19.3 Å². The van der Waals surface area contributed by atoms with Crippen molar-refractivity contribution in [2.24, 2.45) is 17.8 Å². The van der Waals surface area contributed by atoms with E-state index in [1.165, 1.54) is 0 Å². The molecule has 0 saturated carbocycles. The number of carboxylic acid groups (broad SMARTS) is 3.